The summed E-state index contributed by atoms with van der Waals surface area (Å²) in [5.41, 5.74) is 3.47. The van der Waals surface area contributed by atoms with Crippen molar-refractivity contribution >= 4 is 27.3 Å². The van der Waals surface area contributed by atoms with Crippen LogP contribution in [0.3, 0.4) is 0 Å². The first kappa shape index (κ1) is 20.2. The van der Waals surface area contributed by atoms with E-state index in [4.69, 9.17) is 0 Å². The van der Waals surface area contributed by atoms with Crippen molar-refractivity contribution in [1.29, 1.82) is 0 Å². The molecule has 30 heavy (non-hydrogen) atoms. The number of hydrogen-bond acceptors (Lipinski definition) is 3. The molecule has 4 rings (SSSR count). The Hall–Kier alpha value is -3.12. The van der Waals surface area contributed by atoms with Crippen LogP contribution in [-0.2, 0) is 14.8 Å². The highest BCUT2D eigenvalue weighted by molar-refractivity contribution is 7.93. The fourth-order valence-corrected chi connectivity index (χ4v) is 5.40. The van der Waals surface area contributed by atoms with Crippen LogP contribution in [0.5, 0.6) is 0 Å². The van der Waals surface area contributed by atoms with Crippen molar-refractivity contribution in [3.05, 3.63) is 96.1 Å². The van der Waals surface area contributed by atoms with Crippen LogP contribution in [0, 0.1) is 0 Å². The van der Waals surface area contributed by atoms with Crippen molar-refractivity contribution in [2.75, 3.05) is 21.9 Å². The zero-order valence-electron chi connectivity index (χ0n) is 16.6. The Morgan fingerprint density at radius 2 is 1.43 bits per heavy atom. The van der Waals surface area contributed by atoms with E-state index in [0.717, 1.165) is 11.1 Å². The molecule has 1 aliphatic heterocycles. The normalized spacial score (nSPS) is 15.3. The van der Waals surface area contributed by atoms with Crippen molar-refractivity contribution in [1.82, 2.24) is 0 Å². The first-order chi connectivity index (χ1) is 14.5. The molecule has 5 nitrogen and oxygen atoms in total. The maximum Gasteiger partial charge on any atom is 0.235 e. The molecule has 1 amide bonds. The van der Waals surface area contributed by atoms with Gasteiger partial charge in [0.1, 0.15) is 0 Å². The highest BCUT2D eigenvalue weighted by atomic mass is 32.2. The Bertz CT molecular complexity index is 1060. The number of rotatable bonds is 6. The Morgan fingerprint density at radius 3 is 1.93 bits per heavy atom. The van der Waals surface area contributed by atoms with Crippen molar-refractivity contribution in [3.63, 3.8) is 0 Å². The molecule has 1 fully saturated rings. The van der Waals surface area contributed by atoms with Gasteiger partial charge in [-0.2, -0.15) is 0 Å². The molecule has 0 radical (unpaired) electrons. The molecule has 0 aromatic heterocycles. The van der Waals surface area contributed by atoms with E-state index < -0.39 is 10.0 Å². The number of hydrogen-bond donors (Lipinski definition) is 1. The third kappa shape index (κ3) is 4.54. The summed E-state index contributed by atoms with van der Waals surface area (Å²) < 4.78 is 25.6. The van der Waals surface area contributed by atoms with Crippen LogP contribution >= 0.6 is 0 Å². The summed E-state index contributed by atoms with van der Waals surface area (Å²) in [7, 11) is -3.21. The molecule has 6 heteroatoms. The second-order valence-electron chi connectivity index (χ2n) is 7.41. The van der Waals surface area contributed by atoms with E-state index in [2.05, 4.69) is 5.32 Å². The Morgan fingerprint density at radius 1 is 0.867 bits per heavy atom. The van der Waals surface area contributed by atoms with E-state index in [9.17, 15) is 13.2 Å². The lowest BCUT2D eigenvalue weighted by Crippen LogP contribution is -2.25. The number of benzene rings is 3. The maximum absolute atomic E-state index is 12.8. The number of nitrogens with zero attached hydrogens (tertiary/aromatic N) is 1. The van der Waals surface area contributed by atoms with Crippen LogP contribution in [0.25, 0.3) is 0 Å². The Labute approximate surface area is 177 Å². The van der Waals surface area contributed by atoms with Crippen molar-refractivity contribution in [2.45, 2.75) is 18.8 Å². The first-order valence-corrected chi connectivity index (χ1v) is 11.6. The SMILES string of the molecule is O=C(CC(c1ccccc1)c1ccccc1)Nc1ccc(N2CCCS2(=O)=O)cc1. The first-order valence-electron chi connectivity index (χ1n) is 10.0. The smallest absolute Gasteiger partial charge is 0.235 e. The molecule has 0 saturated carbocycles. The van der Waals surface area contributed by atoms with E-state index in [1.54, 1.807) is 24.3 Å². The molecule has 3 aromatic rings. The molecular formula is C24H24N2O3S. The number of carbonyl (C=O) groups is 1. The molecule has 0 atom stereocenters. The molecule has 1 N–H and O–H groups in total. The van der Waals surface area contributed by atoms with Gasteiger partial charge in [0.05, 0.1) is 11.4 Å². The third-order valence-electron chi connectivity index (χ3n) is 5.33. The Kier molecular flexibility index (Phi) is 5.86. The summed E-state index contributed by atoms with van der Waals surface area (Å²) >= 11 is 0. The number of anilines is 2. The zero-order chi connectivity index (χ0) is 21.0. The van der Waals surface area contributed by atoms with Crippen LogP contribution in [0.4, 0.5) is 11.4 Å². The topological polar surface area (TPSA) is 66.5 Å². The van der Waals surface area contributed by atoms with Gasteiger partial charge in [0.15, 0.2) is 0 Å². The second kappa shape index (κ2) is 8.71. The van der Waals surface area contributed by atoms with Crippen LogP contribution in [0.1, 0.15) is 29.9 Å². The summed E-state index contributed by atoms with van der Waals surface area (Å²) in [4.78, 5) is 12.8. The lowest BCUT2D eigenvalue weighted by atomic mass is 9.88. The average molecular weight is 421 g/mol. The molecule has 0 bridgehead atoms. The fraction of sp³-hybridized carbons (Fsp3) is 0.208. The molecule has 1 heterocycles. The second-order valence-corrected chi connectivity index (χ2v) is 9.43. The standard InChI is InChI=1S/C24H24N2O3S/c27-24(18-23(19-8-3-1-4-9-19)20-10-5-2-6-11-20)25-21-12-14-22(15-13-21)26-16-7-17-30(26,28)29/h1-6,8-15,23H,7,16-18H2,(H,25,27). The lowest BCUT2D eigenvalue weighted by Gasteiger charge is -2.19. The van der Waals surface area contributed by atoms with Crippen LogP contribution < -0.4 is 9.62 Å². The van der Waals surface area contributed by atoms with E-state index in [-0.39, 0.29) is 17.6 Å². The summed E-state index contributed by atoms with van der Waals surface area (Å²) in [5, 5.41) is 2.94. The van der Waals surface area contributed by atoms with Gasteiger partial charge in [0.25, 0.3) is 0 Å². The minimum atomic E-state index is -3.21. The van der Waals surface area contributed by atoms with Gasteiger partial charge in [0.2, 0.25) is 15.9 Å². The molecule has 0 unspecified atom stereocenters. The molecule has 0 spiro atoms. The largest absolute Gasteiger partial charge is 0.326 e. The van der Waals surface area contributed by atoms with Gasteiger partial charge in [-0.25, -0.2) is 8.42 Å². The molecule has 0 aliphatic carbocycles. The van der Waals surface area contributed by atoms with Gasteiger partial charge in [-0.3, -0.25) is 9.10 Å². The number of sulfonamides is 1. The van der Waals surface area contributed by atoms with E-state index in [1.807, 2.05) is 60.7 Å². The van der Waals surface area contributed by atoms with Gasteiger partial charge in [-0.05, 0) is 41.8 Å². The lowest BCUT2D eigenvalue weighted by molar-refractivity contribution is -0.116. The summed E-state index contributed by atoms with van der Waals surface area (Å²) in [5.74, 6) is 0.0573. The van der Waals surface area contributed by atoms with Gasteiger partial charge in [0, 0.05) is 24.6 Å². The third-order valence-corrected chi connectivity index (χ3v) is 7.20. The van der Waals surface area contributed by atoms with E-state index >= 15 is 0 Å². The minimum Gasteiger partial charge on any atom is -0.326 e. The van der Waals surface area contributed by atoms with E-state index in [1.165, 1.54) is 4.31 Å². The van der Waals surface area contributed by atoms with Crippen LogP contribution in [-0.4, -0.2) is 26.6 Å². The fourth-order valence-electron chi connectivity index (χ4n) is 3.84. The predicted molar refractivity (Wildman–Crippen MR) is 120 cm³/mol. The van der Waals surface area contributed by atoms with Crippen LogP contribution in [0.2, 0.25) is 0 Å². The monoisotopic (exact) mass is 420 g/mol. The maximum atomic E-state index is 12.8. The molecule has 3 aromatic carbocycles. The average Bonchev–Trinajstić information content (AvgIpc) is 3.13. The highest BCUT2D eigenvalue weighted by Gasteiger charge is 2.28. The number of nitrogens with one attached hydrogen (secondary N) is 1. The summed E-state index contributed by atoms with van der Waals surface area (Å²) in [6.45, 7) is 0.504. The van der Waals surface area contributed by atoms with Crippen molar-refractivity contribution in [2.24, 2.45) is 0 Å². The van der Waals surface area contributed by atoms with Gasteiger partial charge < -0.3 is 5.32 Å². The number of carbonyl (C=O) groups excluding carboxylic acids is 1. The van der Waals surface area contributed by atoms with Gasteiger partial charge >= 0.3 is 0 Å². The van der Waals surface area contributed by atoms with Crippen molar-refractivity contribution in [3.8, 4) is 0 Å². The predicted octanol–water partition coefficient (Wildman–Crippen LogP) is 4.39. The molecule has 1 aliphatic rings. The van der Waals surface area contributed by atoms with Gasteiger partial charge in [-0.1, -0.05) is 60.7 Å². The summed E-state index contributed by atoms with van der Waals surface area (Å²) in [6.07, 6.45) is 0.956. The number of amides is 1. The summed E-state index contributed by atoms with van der Waals surface area (Å²) in [6, 6.07) is 27.0. The molecular weight excluding hydrogens is 396 g/mol. The zero-order valence-corrected chi connectivity index (χ0v) is 17.4. The van der Waals surface area contributed by atoms with Crippen molar-refractivity contribution < 1.29 is 13.2 Å². The molecule has 154 valence electrons. The minimum absolute atomic E-state index is 0.0404. The molecule has 1 saturated heterocycles. The van der Waals surface area contributed by atoms with E-state index in [0.29, 0.717) is 30.8 Å². The highest BCUT2D eigenvalue weighted by Crippen LogP contribution is 2.29. The van der Waals surface area contributed by atoms with Gasteiger partial charge in [-0.15, -0.1) is 0 Å². The Balaban J connectivity index is 1.47. The van der Waals surface area contributed by atoms with Crippen LogP contribution in [0.15, 0.2) is 84.9 Å². The quantitative estimate of drug-likeness (QED) is 0.643.